The van der Waals surface area contributed by atoms with E-state index in [0.29, 0.717) is 12.1 Å². The number of benzene rings is 2. The first-order chi connectivity index (χ1) is 14.0. The first kappa shape index (κ1) is 19.4. The van der Waals surface area contributed by atoms with Gasteiger partial charge in [-0.05, 0) is 68.6 Å². The quantitative estimate of drug-likeness (QED) is 0.676. The maximum atomic E-state index is 12.5. The first-order valence-corrected chi connectivity index (χ1v) is 10.1. The summed E-state index contributed by atoms with van der Waals surface area (Å²) < 4.78 is 5.48. The van der Waals surface area contributed by atoms with E-state index in [1.807, 2.05) is 50.2 Å². The minimum absolute atomic E-state index is 0.0222. The molecular formula is C24H26N2O3. The van der Waals surface area contributed by atoms with Crippen LogP contribution in [0.3, 0.4) is 0 Å². The minimum Gasteiger partial charge on any atom is -0.422 e. The zero-order valence-electron chi connectivity index (χ0n) is 16.9. The molecule has 2 heterocycles. The number of anilines is 1. The van der Waals surface area contributed by atoms with E-state index in [9.17, 15) is 9.59 Å². The van der Waals surface area contributed by atoms with E-state index in [1.54, 1.807) is 6.07 Å². The zero-order chi connectivity index (χ0) is 20.4. The summed E-state index contributed by atoms with van der Waals surface area (Å²) in [6.45, 7) is 6.37. The van der Waals surface area contributed by atoms with Gasteiger partial charge in [0.2, 0.25) is 5.91 Å². The highest BCUT2D eigenvalue weighted by Gasteiger charge is 2.25. The summed E-state index contributed by atoms with van der Waals surface area (Å²) in [6.07, 6.45) is 1.63. The molecule has 5 heteroatoms. The molecule has 2 aromatic carbocycles. The van der Waals surface area contributed by atoms with Crippen LogP contribution in [0.15, 0.2) is 57.7 Å². The Balaban J connectivity index is 1.43. The van der Waals surface area contributed by atoms with E-state index >= 15 is 0 Å². The number of hydrogen-bond acceptors (Lipinski definition) is 4. The van der Waals surface area contributed by atoms with Gasteiger partial charge in [-0.25, -0.2) is 4.79 Å². The van der Waals surface area contributed by atoms with Gasteiger partial charge in [0.05, 0.1) is 0 Å². The Morgan fingerprint density at radius 2 is 1.83 bits per heavy atom. The second kappa shape index (κ2) is 8.21. The van der Waals surface area contributed by atoms with Crippen LogP contribution in [0.1, 0.15) is 29.5 Å². The molecule has 3 aromatic rings. The van der Waals surface area contributed by atoms with Gasteiger partial charge in [-0.3, -0.25) is 9.69 Å². The monoisotopic (exact) mass is 390 g/mol. The number of nitrogens with zero attached hydrogens (tertiary/aromatic N) is 1. The molecule has 0 bridgehead atoms. The van der Waals surface area contributed by atoms with Crippen molar-refractivity contribution < 1.29 is 9.21 Å². The van der Waals surface area contributed by atoms with Gasteiger partial charge in [-0.2, -0.15) is 0 Å². The largest absolute Gasteiger partial charge is 0.422 e. The number of aryl methyl sites for hydroxylation is 2. The van der Waals surface area contributed by atoms with Gasteiger partial charge in [0.1, 0.15) is 5.58 Å². The van der Waals surface area contributed by atoms with Crippen molar-refractivity contribution in [2.75, 3.05) is 18.4 Å². The van der Waals surface area contributed by atoms with Crippen molar-refractivity contribution in [1.82, 2.24) is 4.90 Å². The van der Waals surface area contributed by atoms with Crippen LogP contribution in [0.5, 0.6) is 0 Å². The molecule has 0 spiro atoms. The number of likely N-dealkylation sites (tertiary alicyclic amines) is 1. The van der Waals surface area contributed by atoms with Crippen LogP contribution in [-0.4, -0.2) is 23.9 Å². The highest BCUT2D eigenvalue weighted by Crippen LogP contribution is 2.26. The molecule has 0 atom stereocenters. The van der Waals surface area contributed by atoms with E-state index < -0.39 is 0 Å². The molecule has 1 aliphatic rings. The molecule has 0 unspecified atom stereocenters. The molecule has 5 nitrogen and oxygen atoms in total. The van der Waals surface area contributed by atoms with Crippen molar-refractivity contribution in [3.8, 4) is 0 Å². The third-order valence-electron chi connectivity index (χ3n) is 5.91. The van der Waals surface area contributed by atoms with Gasteiger partial charge in [-0.1, -0.05) is 30.3 Å². The van der Waals surface area contributed by atoms with Crippen LogP contribution in [0.2, 0.25) is 0 Å². The molecule has 1 amide bonds. The average Bonchev–Trinajstić information content (AvgIpc) is 2.72. The van der Waals surface area contributed by atoms with E-state index in [2.05, 4.69) is 16.3 Å². The van der Waals surface area contributed by atoms with Crippen LogP contribution < -0.4 is 10.9 Å². The van der Waals surface area contributed by atoms with Gasteiger partial charge in [-0.15, -0.1) is 0 Å². The molecule has 1 N–H and O–H groups in total. The second-order valence-corrected chi connectivity index (χ2v) is 7.88. The molecule has 0 saturated carbocycles. The smallest absolute Gasteiger partial charge is 0.336 e. The van der Waals surface area contributed by atoms with Crippen molar-refractivity contribution in [3.63, 3.8) is 0 Å². The SMILES string of the molecule is Cc1ccc2c(CN3CCC(C(=O)Nc4ccccc4)CC3)cc(=O)oc2c1C. The summed E-state index contributed by atoms with van der Waals surface area (Å²) >= 11 is 0. The Hall–Kier alpha value is -2.92. The topological polar surface area (TPSA) is 62.6 Å². The lowest BCUT2D eigenvalue weighted by Gasteiger charge is -2.31. The molecule has 150 valence electrons. The fourth-order valence-corrected chi connectivity index (χ4v) is 4.02. The molecule has 1 saturated heterocycles. The number of nitrogens with one attached hydrogen (secondary N) is 1. The highest BCUT2D eigenvalue weighted by atomic mass is 16.4. The van der Waals surface area contributed by atoms with Crippen LogP contribution in [0, 0.1) is 19.8 Å². The Labute approximate surface area is 170 Å². The Bertz CT molecular complexity index is 1080. The van der Waals surface area contributed by atoms with Crippen molar-refractivity contribution in [2.45, 2.75) is 33.2 Å². The van der Waals surface area contributed by atoms with Crippen molar-refractivity contribution in [1.29, 1.82) is 0 Å². The Morgan fingerprint density at radius 3 is 2.55 bits per heavy atom. The number of rotatable bonds is 4. The predicted octanol–water partition coefficient (Wildman–Crippen LogP) is 4.26. The Kier molecular flexibility index (Phi) is 5.49. The van der Waals surface area contributed by atoms with Gasteiger partial charge >= 0.3 is 5.63 Å². The first-order valence-electron chi connectivity index (χ1n) is 10.1. The minimum atomic E-state index is -0.307. The lowest BCUT2D eigenvalue weighted by atomic mass is 9.95. The molecule has 1 fully saturated rings. The van der Waals surface area contributed by atoms with E-state index in [4.69, 9.17) is 4.42 Å². The fraction of sp³-hybridized carbons (Fsp3) is 0.333. The summed E-state index contributed by atoms with van der Waals surface area (Å²) in [5.41, 5.74) is 4.34. The summed E-state index contributed by atoms with van der Waals surface area (Å²) in [6, 6.07) is 15.3. The lowest BCUT2D eigenvalue weighted by Crippen LogP contribution is -2.37. The van der Waals surface area contributed by atoms with Crippen LogP contribution in [0.4, 0.5) is 5.69 Å². The second-order valence-electron chi connectivity index (χ2n) is 7.88. The summed E-state index contributed by atoms with van der Waals surface area (Å²) in [5, 5.41) is 4.01. The predicted molar refractivity (Wildman–Crippen MR) is 115 cm³/mol. The van der Waals surface area contributed by atoms with E-state index in [0.717, 1.165) is 53.7 Å². The van der Waals surface area contributed by atoms with E-state index in [1.165, 1.54) is 0 Å². The van der Waals surface area contributed by atoms with Crippen molar-refractivity contribution in [2.24, 2.45) is 5.92 Å². The van der Waals surface area contributed by atoms with Gasteiger partial charge in [0.15, 0.2) is 0 Å². The average molecular weight is 390 g/mol. The van der Waals surface area contributed by atoms with Crippen LogP contribution in [-0.2, 0) is 11.3 Å². The number of amides is 1. The number of piperidine rings is 1. The summed E-state index contributed by atoms with van der Waals surface area (Å²) in [5.74, 6) is 0.113. The number of carbonyl (C=O) groups excluding carboxylic acids is 1. The summed E-state index contributed by atoms with van der Waals surface area (Å²) in [4.78, 5) is 26.9. The number of carbonyl (C=O) groups is 1. The van der Waals surface area contributed by atoms with Crippen molar-refractivity contribution in [3.05, 3.63) is 75.6 Å². The molecular weight excluding hydrogens is 364 g/mol. The van der Waals surface area contributed by atoms with Crippen molar-refractivity contribution >= 4 is 22.6 Å². The maximum Gasteiger partial charge on any atom is 0.336 e. The molecule has 1 aliphatic heterocycles. The third kappa shape index (κ3) is 4.25. The Morgan fingerprint density at radius 1 is 1.10 bits per heavy atom. The van der Waals surface area contributed by atoms with Gasteiger partial charge < -0.3 is 9.73 Å². The standard InChI is InChI=1S/C24H26N2O3/c1-16-8-9-21-19(14-22(27)29-23(21)17(16)2)15-26-12-10-18(11-13-26)24(28)25-20-6-4-3-5-7-20/h3-9,14,18H,10-13,15H2,1-2H3,(H,25,28). The van der Waals surface area contributed by atoms with Crippen LogP contribution >= 0.6 is 0 Å². The molecule has 0 aliphatic carbocycles. The fourth-order valence-electron chi connectivity index (χ4n) is 4.02. The number of hydrogen-bond donors (Lipinski definition) is 1. The zero-order valence-corrected chi connectivity index (χ0v) is 16.9. The number of para-hydroxylation sites is 1. The summed E-state index contributed by atoms with van der Waals surface area (Å²) in [7, 11) is 0. The number of fused-ring (bicyclic) bond motifs is 1. The normalized spacial score (nSPS) is 15.5. The molecule has 1 aromatic heterocycles. The van der Waals surface area contributed by atoms with Crippen LogP contribution in [0.25, 0.3) is 11.0 Å². The maximum absolute atomic E-state index is 12.5. The van der Waals surface area contributed by atoms with Gasteiger partial charge in [0, 0.05) is 29.6 Å². The third-order valence-corrected chi connectivity index (χ3v) is 5.91. The van der Waals surface area contributed by atoms with E-state index in [-0.39, 0.29) is 17.5 Å². The molecule has 4 rings (SSSR count). The highest BCUT2D eigenvalue weighted by molar-refractivity contribution is 5.92. The van der Waals surface area contributed by atoms with Gasteiger partial charge in [0.25, 0.3) is 0 Å². The molecule has 0 radical (unpaired) electrons. The lowest BCUT2D eigenvalue weighted by molar-refractivity contribution is -0.121. The molecule has 29 heavy (non-hydrogen) atoms.